The first-order valence-corrected chi connectivity index (χ1v) is 4.50. The summed E-state index contributed by atoms with van der Waals surface area (Å²) >= 11 is 0. The second-order valence-corrected chi connectivity index (χ2v) is 3.80. The van der Waals surface area contributed by atoms with Crippen molar-refractivity contribution in [3.8, 4) is 0 Å². The Labute approximate surface area is 77.1 Å². The predicted octanol–water partition coefficient (Wildman–Crippen LogP) is 1.02. The average Bonchev–Trinajstić information content (AvgIpc) is 2.58. The SMILES string of the molecule is Cc1cnn(C2CN(C)CC2F)c1. The molecule has 1 aliphatic heterocycles. The van der Waals surface area contributed by atoms with Crippen LogP contribution in [-0.4, -0.2) is 41.0 Å². The summed E-state index contributed by atoms with van der Waals surface area (Å²) in [6, 6.07) is -0.0984. The molecule has 13 heavy (non-hydrogen) atoms. The maximum Gasteiger partial charge on any atom is 0.136 e. The summed E-state index contributed by atoms with van der Waals surface area (Å²) in [5, 5.41) is 4.13. The smallest absolute Gasteiger partial charge is 0.136 e. The highest BCUT2D eigenvalue weighted by molar-refractivity contribution is 5.02. The number of rotatable bonds is 1. The van der Waals surface area contributed by atoms with Crippen LogP contribution >= 0.6 is 0 Å². The molecule has 72 valence electrons. The number of likely N-dealkylation sites (N-methyl/N-ethyl adjacent to an activating group) is 1. The lowest BCUT2D eigenvalue weighted by molar-refractivity contribution is 0.267. The Morgan fingerprint density at radius 3 is 2.77 bits per heavy atom. The zero-order chi connectivity index (χ0) is 9.42. The minimum atomic E-state index is -0.788. The van der Waals surface area contributed by atoms with Crippen molar-refractivity contribution in [2.45, 2.75) is 19.1 Å². The predicted molar refractivity (Wildman–Crippen MR) is 48.4 cm³/mol. The van der Waals surface area contributed by atoms with Crippen molar-refractivity contribution in [3.05, 3.63) is 18.0 Å². The standard InChI is InChI=1S/C9H14FN3/c1-7-3-11-13(4-7)9-6-12(2)5-8(9)10/h3-4,8-9H,5-6H2,1-2H3. The molecule has 4 heteroatoms. The summed E-state index contributed by atoms with van der Waals surface area (Å²) in [5.41, 5.74) is 1.08. The van der Waals surface area contributed by atoms with Crippen molar-refractivity contribution < 1.29 is 4.39 Å². The topological polar surface area (TPSA) is 21.1 Å². The molecular formula is C9H14FN3. The van der Waals surface area contributed by atoms with E-state index in [1.54, 1.807) is 10.9 Å². The lowest BCUT2D eigenvalue weighted by Crippen LogP contribution is -2.19. The van der Waals surface area contributed by atoms with E-state index in [0.717, 1.165) is 12.1 Å². The highest BCUT2D eigenvalue weighted by atomic mass is 19.1. The van der Waals surface area contributed by atoms with Crippen LogP contribution in [0.1, 0.15) is 11.6 Å². The Hall–Kier alpha value is -0.900. The Bertz CT molecular complexity index is 297. The Kier molecular flexibility index (Phi) is 2.07. The number of halogens is 1. The van der Waals surface area contributed by atoms with Crippen LogP contribution in [0.25, 0.3) is 0 Å². The van der Waals surface area contributed by atoms with Gasteiger partial charge in [0, 0.05) is 19.3 Å². The maximum atomic E-state index is 13.4. The van der Waals surface area contributed by atoms with Gasteiger partial charge in [-0.2, -0.15) is 5.10 Å². The molecule has 3 nitrogen and oxygen atoms in total. The lowest BCUT2D eigenvalue weighted by Gasteiger charge is -2.11. The summed E-state index contributed by atoms with van der Waals surface area (Å²) in [4.78, 5) is 1.99. The molecule has 1 aliphatic rings. The molecule has 0 aliphatic carbocycles. The third-order valence-electron chi connectivity index (χ3n) is 2.47. The molecule has 1 fully saturated rings. The molecule has 2 heterocycles. The van der Waals surface area contributed by atoms with Crippen LogP contribution in [0.2, 0.25) is 0 Å². The van der Waals surface area contributed by atoms with E-state index in [1.165, 1.54) is 0 Å². The second kappa shape index (κ2) is 3.10. The molecule has 1 aromatic heterocycles. The average molecular weight is 183 g/mol. The van der Waals surface area contributed by atoms with Gasteiger partial charge in [0.15, 0.2) is 0 Å². The number of aromatic nitrogens is 2. The quantitative estimate of drug-likeness (QED) is 0.648. The molecule has 2 unspecified atom stereocenters. The highest BCUT2D eigenvalue weighted by Gasteiger charge is 2.32. The normalized spacial score (nSPS) is 29.8. The summed E-state index contributed by atoms with van der Waals surface area (Å²) in [5.74, 6) is 0. The van der Waals surface area contributed by atoms with Gasteiger partial charge >= 0.3 is 0 Å². The second-order valence-electron chi connectivity index (χ2n) is 3.80. The van der Waals surface area contributed by atoms with Gasteiger partial charge in [0.1, 0.15) is 6.17 Å². The maximum absolute atomic E-state index is 13.4. The Morgan fingerprint density at radius 2 is 2.31 bits per heavy atom. The van der Waals surface area contributed by atoms with E-state index in [-0.39, 0.29) is 6.04 Å². The number of hydrogen-bond acceptors (Lipinski definition) is 2. The molecule has 0 spiro atoms. The van der Waals surface area contributed by atoms with E-state index in [9.17, 15) is 4.39 Å². The molecule has 1 aromatic rings. The lowest BCUT2D eigenvalue weighted by atomic mass is 10.2. The van der Waals surface area contributed by atoms with Crippen molar-refractivity contribution in [1.82, 2.24) is 14.7 Å². The van der Waals surface area contributed by atoms with Crippen LogP contribution < -0.4 is 0 Å². The fraction of sp³-hybridized carbons (Fsp3) is 0.667. The first kappa shape index (κ1) is 8.69. The van der Waals surface area contributed by atoms with E-state index in [2.05, 4.69) is 5.10 Å². The minimum absolute atomic E-state index is 0.0984. The monoisotopic (exact) mass is 183 g/mol. The molecule has 2 rings (SSSR count). The van der Waals surface area contributed by atoms with Crippen LogP contribution in [0.5, 0.6) is 0 Å². The Morgan fingerprint density at radius 1 is 1.54 bits per heavy atom. The zero-order valence-electron chi connectivity index (χ0n) is 7.94. The van der Waals surface area contributed by atoms with Crippen molar-refractivity contribution >= 4 is 0 Å². The molecular weight excluding hydrogens is 169 g/mol. The summed E-state index contributed by atoms with van der Waals surface area (Å²) in [6.45, 7) is 3.24. The number of aryl methyl sites for hydroxylation is 1. The van der Waals surface area contributed by atoms with Crippen LogP contribution in [0.15, 0.2) is 12.4 Å². The summed E-state index contributed by atoms with van der Waals surface area (Å²) < 4.78 is 15.2. The van der Waals surface area contributed by atoms with Crippen LogP contribution in [-0.2, 0) is 0 Å². The third kappa shape index (κ3) is 1.58. The van der Waals surface area contributed by atoms with E-state index in [0.29, 0.717) is 6.54 Å². The molecule has 0 amide bonds. The summed E-state index contributed by atoms with van der Waals surface area (Å²) in [7, 11) is 1.93. The van der Waals surface area contributed by atoms with Crippen molar-refractivity contribution in [2.75, 3.05) is 20.1 Å². The van der Waals surface area contributed by atoms with Gasteiger partial charge in [-0.3, -0.25) is 4.68 Å². The number of hydrogen-bond donors (Lipinski definition) is 0. The summed E-state index contributed by atoms with van der Waals surface area (Å²) in [6.07, 6.45) is 2.88. The van der Waals surface area contributed by atoms with Gasteiger partial charge in [0.05, 0.1) is 12.2 Å². The van der Waals surface area contributed by atoms with Gasteiger partial charge in [0.2, 0.25) is 0 Å². The van der Waals surface area contributed by atoms with Gasteiger partial charge < -0.3 is 4.90 Å². The Balaban J connectivity index is 2.17. The number of likely N-dealkylation sites (tertiary alicyclic amines) is 1. The van der Waals surface area contributed by atoms with Crippen LogP contribution in [0.4, 0.5) is 4.39 Å². The molecule has 0 aromatic carbocycles. The molecule has 0 saturated carbocycles. The molecule has 2 atom stereocenters. The van der Waals surface area contributed by atoms with E-state index in [4.69, 9.17) is 0 Å². The molecule has 0 radical (unpaired) electrons. The fourth-order valence-electron chi connectivity index (χ4n) is 1.79. The highest BCUT2D eigenvalue weighted by Crippen LogP contribution is 2.22. The molecule has 1 saturated heterocycles. The molecule has 0 bridgehead atoms. The number of alkyl halides is 1. The van der Waals surface area contributed by atoms with E-state index >= 15 is 0 Å². The van der Waals surface area contributed by atoms with Crippen molar-refractivity contribution in [1.29, 1.82) is 0 Å². The van der Waals surface area contributed by atoms with Gasteiger partial charge in [-0.15, -0.1) is 0 Å². The van der Waals surface area contributed by atoms with Crippen LogP contribution in [0.3, 0.4) is 0 Å². The van der Waals surface area contributed by atoms with Gasteiger partial charge in [-0.05, 0) is 19.5 Å². The largest absolute Gasteiger partial charge is 0.301 e. The fourth-order valence-corrected chi connectivity index (χ4v) is 1.79. The minimum Gasteiger partial charge on any atom is -0.301 e. The molecule has 0 N–H and O–H groups in total. The van der Waals surface area contributed by atoms with E-state index < -0.39 is 6.17 Å². The van der Waals surface area contributed by atoms with E-state index in [1.807, 2.05) is 25.1 Å². The first-order chi connectivity index (χ1) is 6.16. The van der Waals surface area contributed by atoms with Crippen molar-refractivity contribution in [2.24, 2.45) is 0 Å². The van der Waals surface area contributed by atoms with Gasteiger partial charge in [-0.1, -0.05) is 0 Å². The number of nitrogens with zero attached hydrogens (tertiary/aromatic N) is 3. The van der Waals surface area contributed by atoms with Crippen molar-refractivity contribution in [3.63, 3.8) is 0 Å². The van der Waals surface area contributed by atoms with Crippen LogP contribution in [0, 0.1) is 6.92 Å². The van der Waals surface area contributed by atoms with Gasteiger partial charge in [0.25, 0.3) is 0 Å². The first-order valence-electron chi connectivity index (χ1n) is 4.50. The van der Waals surface area contributed by atoms with Gasteiger partial charge in [-0.25, -0.2) is 4.39 Å². The third-order valence-corrected chi connectivity index (χ3v) is 2.47. The zero-order valence-corrected chi connectivity index (χ0v) is 7.94.